The maximum Gasteiger partial charge on any atom is 0.239 e. The molecule has 124 valence electrons. The van der Waals surface area contributed by atoms with E-state index in [9.17, 15) is 4.79 Å². The summed E-state index contributed by atoms with van der Waals surface area (Å²) in [4.78, 5) is 28.8. The van der Waals surface area contributed by atoms with Gasteiger partial charge in [-0.3, -0.25) is 4.79 Å². The smallest absolute Gasteiger partial charge is 0.239 e. The van der Waals surface area contributed by atoms with Crippen molar-refractivity contribution in [1.82, 2.24) is 19.9 Å². The summed E-state index contributed by atoms with van der Waals surface area (Å²) in [5.74, 6) is 0.0153. The van der Waals surface area contributed by atoms with Crippen molar-refractivity contribution in [2.24, 2.45) is 0 Å². The lowest BCUT2D eigenvalue weighted by Gasteiger charge is -2.12. The highest BCUT2D eigenvalue weighted by Gasteiger charge is 2.21. The van der Waals surface area contributed by atoms with Crippen LogP contribution in [0.1, 0.15) is 18.9 Å². The number of benzene rings is 1. The fourth-order valence-corrected chi connectivity index (χ4v) is 3.88. The van der Waals surface area contributed by atoms with Crippen LogP contribution >= 0.6 is 23.1 Å². The normalized spacial score (nSPS) is 12.2. The minimum Gasteiger partial charge on any atom is -0.368 e. The van der Waals surface area contributed by atoms with Crippen LogP contribution in [0.5, 0.6) is 0 Å². The average Bonchev–Trinajstić information content (AvgIpc) is 2.93. The molecule has 0 aliphatic carbocycles. The van der Waals surface area contributed by atoms with Gasteiger partial charge in [0.1, 0.15) is 6.33 Å². The first kappa shape index (κ1) is 16.6. The van der Waals surface area contributed by atoms with Gasteiger partial charge in [-0.1, -0.05) is 36.1 Å². The number of thioether (sulfide) groups is 1. The Morgan fingerprint density at radius 1 is 1.38 bits per heavy atom. The third-order valence-corrected chi connectivity index (χ3v) is 5.43. The number of carbonyl (C=O) groups excluding carboxylic acids is 1. The van der Waals surface area contributed by atoms with Crippen molar-refractivity contribution in [3.05, 3.63) is 30.1 Å². The van der Waals surface area contributed by atoms with E-state index in [0.29, 0.717) is 16.7 Å². The lowest BCUT2D eigenvalue weighted by atomic mass is 10.2. The highest BCUT2D eigenvalue weighted by Crippen LogP contribution is 2.28. The summed E-state index contributed by atoms with van der Waals surface area (Å²) in [5.41, 5.74) is 7.59. The number of aromatic nitrogens is 4. The molecule has 0 saturated heterocycles. The number of nitrogens with zero attached hydrogens (tertiary/aromatic N) is 4. The molecule has 24 heavy (non-hydrogen) atoms. The van der Waals surface area contributed by atoms with E-state index in [4.69, 9.17) is 5.73 Å². The summed E-state index contributed by atoms with van der Waals surface area (Å²) >= 11 is 2.72. The van der Waals surface area contributed by atoms with Gasteiger partial charge < -0.3 is 11.1 Å². The van der Waals surface area contributed by atoms with Crippen LogP contribution in [0.3, 0.4) is 0 Å². The molecule has 1 aromatic carbocycles. The summed E-state index contributed by atoms with van der Waals surface area (Å²) in [5, 5.41) is 3.58. The Morgan fingerprint density at radius 3 is 2.96 bits per heavy atom. The van der Waals surface area contributed by atoms with Crippen molar-refractivity contribution < 1.29 is 4.79 Å². The molecule has 3 rings (SSSR count). The first-order valence-electron chi connectivity index (χ1n) is 7.34. The first-order valence-corrected chi connectivity index (χ1v) is 9.04. The predicted octanol–water partition coefficient (Wildman–Crippen LogP) is 2.88. The number of nitrogens with one attached hydrogen (secondary N) is 1. The van der Waals surface area contributed by atoms with Crippen LogP contribution < -0.4 is 11.1 Å². The number of nitrogens with two attached hydrogens (primary N) is 1. The quantitative estimate of drug-likeness (QED) is 0.674. The zero-order valence-electron chi connectivity index (χ0n) is 13.2. The maximum atomic E-state index is 12.5. The van der Waals surface area contributed by atoms with Crippen molar-refractivity contribution in [2.45, 2.75) is 30.7 Å². The Bertz CT molecular complexity index is 881. The minimum absolute atomic E-state index is 0.128. The summed E-state index contributed by atoms with van der Waals surface area (Å²) in [6, 6.07) is 6.02. The summed E-state index contributed by atoms with van der Waals surface area (Å²) in [6.45, 7) is 3.96. The lowest BCUT2D eigenvalue weighted by molar-refractivity contribution is -0.115. The third kappa shape index (κ3) is 3.80. The molecule has 7 nitrogen and oxygen atoms in total. The summed E-state index contributed by atoms with van der Waals surface area (Å²) < 4.78 is 1.05. The molecule has 0 aliphatic heterocycles. The number of thiazole rings is 1. The van der Waals surface area contributed by atoms with Gasteiger partial charge in [-0.15, -0.1) is 0 Å². The second-order valence-electron chi connectivity index (χ2n) is 5.12. The van der Waals surface area contributed by atoms with Crippen LogP contribution in [0.15, 0.2) is 29.7 Å². The van der Waals surface area contributed by atoms with Crippen molar-refractivity contribution in [1.29, 1.82) is 0 Å². The molecule has 0 bridgehead atoms. The molecule has 3 aromatic rings. The number of carbonyl (C=O) groups is 1. The summed E-state index contributed by atoms with van der Waals surface area (Å²) in [6.07, 6.45) is 1.97. The Hall–Kier alpha value is -2.26. The molecular formula is C15H16N6OS2. The molecule has 0 spiro atoms. The standard InChI is InChI=1S/C15H16N6OS2/c1-3-10(23-14-18-7-17-13(16)21-14)12(22)20-15-19-9-5-4-8(2)6-11(9)24-15/h4-7,10H,3H2,1-2H3,(H,19,20,22)(H2,16,17,18,21). The number of aryl methyl sites for hydroxylation is 1. The van der Waals surface area contributed by atoms with Gasteiger partial charge in [-0.2, -0.15) is 4.98 Å². The molecule has 9 heteroatoms. The van der Waals surface area contributed by atoms with Crippen LogP contribution in [0.4, 0.5) is 11.1 Å². The van der Waals surface area contributed by atoms with Crippen molar-refractivity contribution in [3.63, 3.8) is 0 Å². The fourth-order valence-electron chi connectivity index (χ4n) is 2.07. The largest absolute Gasteiger partial charge is 0.368 e. The molecule has 3 N–H and O–H groups in total. The van der Waals surface area contributed by atoms with Gasteiger partial charge in [0.05, 0.1) is 15.5 Å². The molecule has 1 atom stereocenters. The Kier molecular flexibility index (Phi) is 4.91. The molecule has 0 saturated carbocycles. The number of amides is 1. The maximum absolute atomic E-state index is 12.5. The van der Waals surface area contributed by atoms with Gasteiger partial charge in [0.25, 0.3) is 0 Å². The van der Waals surface area contributed by atoms with Gasteiger partial charge in [-0.05, 0) is 31.0 Å². The predicted molar refractivity (Wildman–Crippen MR) is 97.2 cm³/mol. The fraction of sp³-hybridized carbons (Fsp3) is 0.267. The van der Waals surface area contributed by atoms with Gasteiger partial charge in [0.2, 0.25) is 11.9 Å². The monoisotopic (exact) mass is 360 g/mol. The van der Waals surface area contributed by atoms with E-state index < -0.39 is 0 Å². The highest BCUT2D eigenvalue weighted by molar-refractivity contribution is 8.00. The van der Waals surface area contributed by atoms with Gasteiger partial charge in [0.15, 0.2) is 10.3 Å². The lowest BCUT2D eigenvalue weighted by Crippen LogP contribution is -2.24. The van der Waals surface area contributed by atoms with Gasteiger partial charge in [0, 0.05) is 0 Å². The molecular weight excluding hydrogens is 344 g/mol. The number of hydrogen-bond donors (Lipinski definition) is 2. The van der Waals surface area contributed by atoms with E-state index >= 15 is 0 Å². The molecule has 0 fully saturated rings. The number of anilines is 2. The van der Waals surface area contributed by atoms with E-state index in [1.807, 2.05) is 26.0 Å². The van der Waals surface area contributed by atoms with Crippen LogP contribution in [-0.2, 0) is 4.79 Å². The second kappa shape index (κ2) is 7.10. The van der Waals surface area contributed by atoms with Crippen molar-refractivity contribution in [3.8, 4) is 0 Å². The molecule has 1 amide bonds. The number of hydrogen-bond acceptors (Lipinski definition) is 8. The molecule has 1 unspecified atom stereocenters. The van der Waals surface area contributed by atoms with Crippen LogP contribution in [0.25, 0.3) is 10.2 Å². The van der Waals surface area contributed by atoms with E-state index in [1.54, 1.807) is 0 Å². The number of nitrogen functional groups attached to an aromatic ring is 1. The van der Waals surface area contributed by atoms with Crippen molar-refractivity contribution >= 4 is 50.3 Å². The summed E-state index contributed by atoms with van der Waals surface area (Å²) in [7, 11) is 0. The van der Waals surface area contributed by atoms with E-state index in [0.717, 1.165) is 10.2 Å². The van der Waals surface area contributed by atoms with Crippen molar-refractivity contribution in [2.75, 3.05) is 11.1 Å². The van der Waals surface area contributed by atoms with Crippen LogP contribution in [0, 0.1) is 6.92 Å². The number of rotatable bonds is 5. The highest BCUT2D eigenvalue weighted by atomic mass is 32.2. The second-order valence-corrected chi connectivity index (χ2v) is 7.32. The van der Waals surface area contributed by atoms with E-state index in [-0.39, 0.29) is 17.1 Å². The zero-order chi connectivity index (χ0) is 17.1. The molecule has 0 radical (unpaired) electrons. The number of fused-ring (bicyclic) bond motifs is 1. The Morgan fingerprint density at radius 2 is 2.21 bits per heavy atom. The average molecular weight is 360 g/mol. The Balaban J connectivity index is 1.73. The molecule has 2 aromatic heterocycles. The molecule has 0 aliphatic rings. The van der Waals surface area contributed by atoms with E-state index in [2.05, 4.69) is 31.3 Å². The minimum atomic E-state index is -0.333. The molecule has 2 heterocycles. The SMILES string of the molecule is CCC(Sc1ncnc(N)n1)C(=O)Nc1nc2ccc(C)cc2s1. The van der Waals surface area contributed by atoms with Crippen LogP contribution in [-0.4, -0.2) is 31.1 Å². The van der Waals surface area contributed by atoms with Gasteiger partial charge in [-0.25, -0.2) is 15.0 Å². The third-order valence-electron chi connectivity index (χ3n) is 3.25. The zero-order valence-corrected chi connectivity index (χ0v) is 14.8. The van der Waals surface area contributed by atoms with Crippen LogP contribution in [0.2, 0.25) is 0 Å². The topological polar surface area (TPSA) is 107 Å². The first-order chi connectivity index (χ1) is 11.5. The van der Waals surface area contributed by atoms with Gasteiger partial charge >= 0.3 is 0 Å². The Labute approximate surface area is 147 Å². The van der Waals surface area contributed by atoms with E-state index in [1.165, 1.54) is 35.0 Å².